The number of aliphatic imine (C=N–C) groups is 1. The van der Waals surface area contributed by atoms with Gasteiger partial charge in [-0.3, -0.25) is 4.79 Å². The first-order valence-electron chi connectivity index (χ1n) is 10.7. The van der Waals surface area contributed by atoms with Gasteiger partial charge >= 0.3 is 6.18 Å². The lowest BCUT2D eigenvalue weighted by atomic mass is 9.85. The third-order valence-corrected chi connectivity index (χ3v) is 5.97. The highest BCUT2D eigenvalue weighted by atomic mass is 35.5. The number of nitrogens with zero attached hydrogens (tertiary/aromatic N) is 2. The van der Waals surface area contributed by atoms with Crippen molar-refractivity contribution in [1.29, 1.82) is 0 Å². The summed E-state index contributed by atoms with van der Waals surface area (Å²) in [4.78, 5) is 19.3. The fourth-order valence-corrected chi connectivity index (χ4v) is 4.12. The summed E-state index contributed by atoms with van der Waals surface area (Å²) in [6, 6.07) is 13.1. The molecule has 2 N–H and O–H groups in total. The lowest BCUT2D eigenvalue weighted by Crippen LogP contribution is -2.43. The number of hydrogen-bond acceptors (Lipinski definition) is 3. The number of para-hydroxylation sites is 1. The Hall–Kier alpha value is -2.80. The van der Waals surface area contributed by atoms with E-state index in [1.807, 2.05) is 4.90 Å². The molecule has 0 aromatic heterocycles. The van der Waals surface area contributed by atoms with Gasteiger partial charge in [-0.25, -0.2) is 4.99 Å². The number of allylic oxidation sites excluding steroid dienone is 2. The number of carbonyl (C=O) groups is 1. The summed E-state index contributed by atoms with van der Waals surface area (Å²) < 4.78 is 39.3. The number of nitrogens with two attached hydrogens (primary N) is 1. The second-order valence-electron chi connectivity index (χ2n) is 9.15. The molecule has 1 unspecified atom stereocenters. The van der Waals surface area contributed by atoms with Crippen LogP contribution >= 0.6 is 11.6 Å². The van der Waals surface area contributed by atoms with Gasteiger partial charge in [0.25, 0.3) is 5.91 Å². The number of alkyl halides is 3. The third-order valence-electron chi connectivity index (χ3n) is 5.65. The van der Waals surface area contributed by atoms with Crippen LogP contribution in [-0.2, 0) is 0 Å². The number of amides is 1. The van der Waals surface area contributed by atoms with Crippen LogP contribution < -0.4 is 5.73 Å². The van der Waals surface area contributed by atoms with Crippen LogP contribution in [0.5, 0.6) is 0 Å². The predicted octanol–water partition coefficient (Wildman–Crippen LogP) is 6.52. The SMILES string of the molecule is CC(C)(C)C1CCCN1C(=O)c1ccc(C(/C=C(\N)C(F)(F)F)=Nc2ccccc2Cl)cc1. The number of rotatable bonds is 4. The van der Waals surface area contributed by atoms with Crippen LogP contribution in [0.3, 0.4) is 0 Å². The molecule has 1 aliphatic rings. The predicted molar refractivity (Wildman–Crippen MR) is 126 cm³/mol. The maximum atomic E-state index is 13.1. The molecule has 0 spiro atoms. The Morgan fingerprint density at radius 2 is 1.70 bits per heavy atom. The average Bonchev–Trinajstić information content (AvgIpc) is 3.24. The highest BCUT2D eigenvalue weighted by molar-refractivity contribution is 6.33. The molecule has 0 aliphatic carbocycles. The molecule has 1 saturated heterocycles. The second-order valence-corrected chi connectivity index (χ2v) is 9.55. The summed E-state index contributed by atoms with van der Waals surface area (Å²) in [5.74, 6) is -0.0890. The molecule has 1 amide bonds. The minimum Gasteiger partial charge on any atom is -0.395 e. The summed E-state index contributed by atoms with van der Waals surface area (Å²) in [5, 5.41) is 0.294. The number of benzene rings is 2. The molecule has 3 rings (SSSR count). The normalized spacial score (nSPS) is 18.0. The Labute approximate surface area is 196 Å². The number of likely N-dealkylation sites (tertiary alicyclic amines) is 1. The van der Waals surface area contributed by atoms with Crippen LogP contribution in [0.4, 0.5) is 18.9 Å². The third kappa shape index (κ3) is 5.96. The summed E-state index contributed by atoms with van der Waals surface area (Å²) in [6.45, 7) is 7.02. The van der Waals surface area contributed by atoms with E-state index in [1.54, 1.807) is 48.5 Å². The van der Waals surface area contributed by atoms with Gasteiger partial charge in [0, 0.05) is 23.7 Å². The van der Waals surface area contributed by atoms with Crippen LogP contribution in [0.25, 0.3) is 0 Å². The Balaban J connectivity index is 1.96. The van der Waals surface area contributed by atoms with E-state index in [-0.39, 0.29) is 23.1 Å². The van der Waals surface area contributed by atoms with Crippen molar-refractivity contribution in [3.8, 4) is 0 Å². The van der Waals surface area contributed by atoms with E-state index in [1.165, 1.54) is 0 Å². The lowest BCUT2D eigenvalue weighted by molar-refractivity contribution is -0.0925. The molecule has 33 heavy (non-hydrogen) atoms. The first-order chi connectivity index (χ1) is 15.4. The van der Waals surface area contributed by atoms with E-state index in [2.05, 4.69) is 25.8 Å². The van der Waals surface area contributed by atoms with Gasteiger partial charge in [-0.05, 0) is 48.6 Å². The Morgan fingerprint density at radius 1 is 1.09 bits per heavy atom. The molecule has 1 fully saturated rings. The maximum Gasteiger partial charge on any atom is 0.430 e. The molecule has 0 radical (unpaired) electrons. The van der Waals surface area contributed by atoms with Crippen LogP contribution in [0, 0.1) is 5.41 Å². The van der Waals surface area contributed by atoms with E-state index in [0.29, 0.717) is 28.4 Å². The quantitative estimate of drug-likeness (QED) is 0.510. The van der Waals surface area contributed by atoms with Crippen molar-refractivity contribution in [2.45, 2.75) is 45.8 Å². The molecular weight excluding hydrogens is 451 g/mol. The fraction of sp³-hybridized carbons (Fsp3) is 0.360. The maximum absolute atomic E-state index is 13.1. The Morgan fingerprint density at radius 3 is 2.27 bits per heavy atom. The zero-order chi connectivity index (χ0) is 24.4. The minimum atomic E-state index is -4.70. The topological polar surface area (TPSA) is 58.7 Å². The largest absolute Gasteiger partial charge is 0.430 e. The zero-order valence-corrected chi connectivity index (χ0v) is 19.5. The standard InChI is InChI=1S/C25H27ClF3N3O/c1-24(2,3)22-9-6-14-32(22)23(33)17-12-10-16(11-13-17)20(15-21(30)25(27,28)29)31-19-8-5-4-7-18(19)26/h4-5,7-8,10-13,15,22H,6,9,14,30H2,1-3H3/b21-15-,31-20?. The van der Waals surface area contributed by atoms with Gasteiger partial charge in [-0.15, -0.1) is 0 Å². The smallest absolute Gasteiger partial charge is 0.395 e. The summed E-state index contributed by atoms with van der Waals surface area (Å²) in [6.07, 6.45) is -2.03. The van der Waals surface area contributed by atoms with Gasteiger partial charge in [0.05, 0.1) is 16.4 Å². The molecule has 0 bridgehead atoms. The van der Waals surface area contributed by atoms with Crippen molar-refractivity contribution >= 4 is 28.9 Å². The van der Waals surface area contributed by atoms with Gasteiger partial charge in [0.2, 0.25) is 0 Å². The first kappa shape index (κ1) is 24.8. The number of halogens is 4. The molecule has 2 aromatic rings. The molecule has 8 heteroatoms. The fourth-order valence-electron chi connectivity index (χ4n) is 3.94. The number of hydrogen-bond donors (Lipinski definition) is 1. The Kier molecular flexibility index (Phi) is 7.22. The van der Waals surface area contributed by atoms with Gasteiger partial charge < -0.3 is 10.6 Å². The van der Waals surface area contributed by atoms with Crippen molar-refractivity contribution in [2.24, 2.45) is 16.1 Å². The highest BCUT2D eigenvalue weighted by Crippen LogP contribution is 2.34. The Bertz CT molecular complexity index is 1070. The van der Waals surface area contributed by atoms with Crippen LogP contribution in [-0.4, -0.2) is 35.3 Å². The van der Waals surface area contributed by atoms with Crippen molar-refractivity contribution < 1.29 is 18.0 Å². The van der Waals surface area contributed by atoms with Crippen molar-refractivity contribution in [2.75, 3.05) is 6.54 Å². The molecular formula is C25H27ClF3N3O. The van der Waals surface area contributed by atoms with Gasteiger partial charge in [-0.2, -0.15) is 13.2 Å². The van der Waals surface area contributed by atoms with Crippen molar-refractivity contribution in [3.05, 3.63) is 76.5 Å². The van der Waals surface area contributed by atoms with E-state index in [4.69, 9.17) is 17.3 Å². The second kappa shape index (κ2) is 9.59. The van der Waals surface area contributed by atoms with E-state index in [0.717, 1.165) is 18.9 Å². The molecule has 1 atom stereocenters. The minimum absolute atomic E-state index is 0.00864. The molecule has 4 nitrogen and oxygen atoms in total. The van der Waals surface area contributed by atoms with Crippen LogP contribution in [0.2, 0.25) is 5.02 Å². The van der Waals surface area contributed by atoms with E-state index < -0.39 is 11.9 Å². The van der Waals surface area contributed by atoms with Gasteiger partial charge in [-0.1, -0.05) is 56.6 Å². The zero-order valence-electron chi connectivity index (χ0n) is 18.8. The lowest BCUT2D eigenvalue weighted by Gasteiger charge is -2.35. The average molecular weight is 478 g/mol. The van der Waals surface area contributed by atoms with E-state index in [9.17, 15) is 18.0 Å². The summed E-state index contributed by atoms with van der Waals surface area (Å²) in [7, 11) is 0. The molecule has 2 aromatic carbocycles. The van der Waals surface area contributed by atoms with E-state index >= 15 is 0 Å². The van der Waals surface area contributed by atoms with Gasteiger partial charge in [0.1, 0.15) is 5.70 Å². The van der Waals surface area contributed by atoms with Gasteiger partial charge in [0.15, 0.2) is 0 Å². The molecule has 1 heterocycles. The summed E-state index contributed by atoms with van der Waals surface area (Å²) in [5.41, 5.74) is 5.10. The van der Waals surface area contributed by atoms with Crippen LogP contribution in [0.1, 0.15) is 49.5 Å². The molecule has 176 valence electrons. The van der Waals surface area contributed by atoms with Crippen molar-refractivity contribution in [3.63, 3.8) is 0 Å². The monoisotopic (exact) mass is 477 g/mol. The number of carbonyl (C=O) groups excluding carboxylic acids is 1. The molecule has 0 saturated carbocycles. The van der Waals surface area contributed by atoms with Crippen molar-refractivity contribution in [1.82, 2.24) is 4.90 Å². The van der Waals surface area contributed by atoms with Crippen LogP contribution in [0.15, 0.2) is 65.3 Å². The molecule has 1 aliphatic heterocycles. The highest BCUT2D eigenvalue weighted by Gasteiger charge is 2.37. The first-order valence-corrected chi connectivity index (χ1v) is 11.0. The summed E-state index contributed by atoms with van der Waals surface area (Å²) >= 11 is 6.14.